The number of nitrogens with two attached hydrogens (primary N) is 1. The molecule has 4 aromatic carbocycles. The SMILES string of the molecule is CC(C)(C)OC(N)=O.Cl.N.O=C(O)COc1ccc(NC(=O)C2SCCN2C(=O)CCCc2cc(F)c(F)cc2F)cc1.O=C(O)COc1ccc(NC(=O)C2SCCN2C(=O)CCCc2cc(F)c(F)cc2F)cc1. The van der Waals surface area contributed by atoms with Crippen LogP contribution in [0.5, 0.6) is 11.5 Å². The maximum Gasteiger partial charge on any atom is 0.405 e. The minimum atomic E-state index is -1.27. The highest BCUT2D eigenvalue weighted by Crippen LogP contribution is 2.29. The molecule has 2 fully saturated rings. The van der Waals surface area contributed by atoms with Crippen LogP contribution in [0.25, 0.3) is 0 Å². The summed E-state index contributed by atoms with van der Waals surface area (Å²) in [5.74, 6) is -8.32. The van der Waals surface area contributed by atoms with E-state index < -0.39 is 94.3 Å². The van der Waals surface area contributed by atoms with Gasteiger partial charge in [0, 0.05) is 60.9 Å². The number of aliphatic carboxylic acids is 2. The fourth-order valence-corrected chi connectivity index (χ4v) is 9.09. The number of amides is 5. The summed E-state index contributed by atoms with van der Waals surface area (Å²) in [6.45, 7) is 5.08. The number of halogens is 7. The molecular formula is C49H57ClF6N6O12S2. The van der Waals surface area contributed by atoms with E-state index in [1.807, 2.05) is 0 Å². The average Bonchev–Trinajstić information content (AvgIpc) is 4.03. The number of benzene rings is 4. The number of carboxylic acids is 2. The summed E-state index contributed by atoms with van der Waals surface area (Å²) in [6, 6.07) is 14.8. The molecule has 0 aliphatic carbocycles. The van der Waals surface area contributed by atoms with Crippen LogP contribution in [0.1, 0.15) is 57.6 Å². The number of primary amides is 1. The molecule has 2 saturated heterocycles. The quantitative estimate of drug-likeness (QED) is 0.0403. The summed E-state index contributed by atoms with van der Waals surface area (Å²) in [4.78, 5) is 84.6. The van der Waals surface area contributed by atoms with Crippen LogP contribution in [0.15, 0.2) is 72.8 Å². The van der Waals surface area contributed by atoms with Crippen molar-refractivity contribution in [3.8, 4) is 11.5 Å². The topological polar surface area (TPSA) is 279 Å². The number of carbonyl (C=O) groups is 7. The fraction of sp³-hybridized carbons (Fsp3) is 0.367. The Hall–Kier alpha value is -6.90. The molecule has 0 spiro atoms. The lowest BCUT2D eigenvalue weighted by Gasteiger charge is -2.23. The summed E-state index contributed by atoms with van der Waals surface area (Å²) in [6.07, 6.45) is -0.122. The largest absolute Gasteiger partial charge is 0.482 e. The number of nitrogens with zero attached hydrogens (tertiary/aromatic N) is 2. The van der Waals surface area contributed by atoms with Crippen molar-refractivity contribution in [1.82, 2.24) is 16.0 Å². The number of carbonyl (C=O) groups excluding carboxylic acids is 5. The highest BCUT2D eigenvalue weighted by Gasteiger charge is 2.36. The van der Waals surface area contributed by atoms with E-state index in [2.05, 4.69) is 15.4 Å². The van der Waals surface area contributed by atoms with E-state index in [4.69, 9.17) is 25.4 Å². The molecule has 6 rings (SSSR count). The molecule has 76 heavy (non-hydrogen) atoms. The fourth-order valence-electron chi connectivity index (χ4n) is 6.81. The Balaban J connectivity index is 0.000000444. The lowest BCUT2D eigenvalue weighted by atomic mass is 10.1. The maximum absolute atomic E-state index is 13.7. The molecule has 0 radical (unpaired) electrons. The highest BCUT2D eigenvalue weighted by atomic mass is 35.5. The van der Waals surface area contributed by atoms with Crippen LogP contribution in [0.3, 0.4) is 0 Å². The van der Waals surface area contributed by atoms with Gasteiger partial charge < -0.3 is 56.7 Å². The predicted octanol–water partition coefficient (Wildman–Crippen LogP) is 8.32. The van der Waals surface area contributed by atoms with Gasteiger partial charge in [-0.25, -0.2) is 40.7 Å². The van der Waals surface area contributed by atoms with Gasteiger partial charge in [-0.1, -0.05) is 0 Å². The monoisotopic (exact) mass is 1130 g/mol. The lowest BCUT2D eigenvalue weighted by molar-refractivity contribution is -0.140. The van der Waals surface area contributed by atoms with Gasteiger partial charge in [0.05, 0.1) is 0 Å². The Morgan fingerprint density at radius 3 is 1.25 bits per heavy atom. The summed E-state index contributed by atoms with van der Waals surface area (Å²) in [5, 5.41) is 21.2. The molecular weight excluding hydrogens is 1080 g/mol. The normalized spacial score (nSPS) is 14.5. The van der Waals surface area contributed by atoms with Crippen molar-refractivity contribution >= 4 is 89.0 Å². The number of rotatable bonds is 18. The van der Waals surface area contributed by atoms with Gasteiger partial charge in [0.1, 0.15) is 28.7 Å². The number of aryl methyl sites for hydroxylation is 2. The van der Waals surface area contributed by atoms with Crippen molar-refractivity contribution in [3.05, 3.63) is 119 Å². The molecule has 2 aliphatic heterocycles. The van der Waals surface area contributed by atoms with Crippen LogP contribution in [-0.2, 0) is 46.3 Å². The minimum absolute atomic E-state index is 0. The first kappa shape index (κ1) is 65.2. The molecule has 4 aromatic rings. The molecule has 2 atom stereocenters. The van der Waals surface area contributed by atoms with Gasteiger partial charge in [-0.2, -0.15) is 0 Å². The molecule has 18 nitrogen and oxygen atoms in total. The Labute approximate surface area is 447 Å². The third-order valence-corrected chi connectivity index (χ3v) is 12.5. The van der Waals surface area contributed by atoms with Crippen molar-refractivity contribution < 1.29 is 84.3 Å². The smallest absolute Gasteiger partial charge is 0.405 e. The van der Waals surface area contributed by atoms with Crippen molar-refractivity contribution in [3.63, 3.8) is 0 Å². The van der Waals surface area contributed by atoms with Crippen molar-refractivity contribution in [1.29, 1.82) is 0 Å². The summed E-state index contributed by atoms with van der Waals surface area (Å²) < 4.78 is 94.8. The van der Waals surface area contributed by atoms with E-state index in [0.29, 0.717) is 59.6 Å². The Morgan fingerprint density at radius 1 is 0.605 bits per heavy atom. The third-order valence-electron chi connectivity index (χ3n) is 10.1. The first-order valence-corrected chi connectivity index (χ1v) is 24.6. The number of anilines is 2. The molecule has 9 N–H and O–H groups in total. The molecule has 5 amide bonds. The number of ether oxygens (including phenoxy) is 3. The van der Waals surface area contributed by atoms with Crippen molar-refractivity contribution in [2.24, 2.45) is 5.73 Å². The summed E-state index contributed by atoms with van der Waals surface area (Å²) in [5.41, 5.74) is 5.15. The van der Waals surface area contributed by atoms with Gasteiger partial charge in [0.15, 0.2) is 47.2 Å². The molecule has 0 bridgehead atoms. The Kier molecular flexibility index (Phi) is 26.8. The minimum Gasteiger partial charge on any atom is -0.482 e. The van der Waals surface area contributed by atoms with Gasteiger partial charge in [0.25, 0.3) is 11.8 Å². The van der Waals surface area contributed by atoms with Gasteiger partial charge in [0.2, 0.25) is 11.8 Å². The zero-order valence-electron chi connectivity index (χ0n) is 41.2. The van der Waals surface area contributed by atoms with Crippen LogP contribution in [-0.4, -0.2) is 116 Å². The van der Waals surface area contributed by atoms with Crippen LogP contribution in [0.2, 0.25) is 0 Å². The number of hydrogen-bond acceptors (Lipinski definition) is 13. The number of nitrogens with one attached hydrogen (secondary N) is 2. The second-order valence-electron chi connectivity index (χ2n) is 17.0. The summed E-state index contributed by atoms with van der Waals surface area (Å²) in [7, 11) is 0. The van der Waals surface area contributed by atoms with E-state index in [1.165, 1.54) is 57.6 Å². The average molecular weight is 1140 g/mol. The number of carboxylic acid groups (broad SMARTS) is 2. The Morgan fingerprint density at radius 2 is 0.947 bits per heavy atom. The van der Waals surface area contributed by atoms with E-state index in [1.54, 1.807) is 45.0 Å². The van der Waals surface area contributed by atoms with Crippen LogP contribution in [0.4, 0.5) is 42.5 Å². The second kappa shape index (κ2) is 31.2. The first-order valence-electron chi connectivity index (χ1n) is 22.5. The van der Waals surface area contributed by atoms with Crippen molar-refractivity contribution in [2.45, 2.75) is 75.6 Å². The summed E-state index contributed by atoms with van der Waals surface area (Å²) >= 11 is 2.62. The van der Waals surface area contributed by atoms with E-state index >= 15 is 0 Å². The molecule has 2 unspecified atom stereocenters. The zero-order chi connectivity index (χ0) is 54.7. The highest BCUT2D eigenvalue weighted by molar-refractivity contribution is 8.01. The third kappa shape index (κ3) is 21.8. The van der Waals surface area contributed by atoms with E-state index in [9.17, 15) is 59.9 Å². The zero-order valence-corrected chi connectivity index (χ0v) is 43.7. The van der Waals surface area contributed by atoms with Crippen LogP contribution >= 0.6 is 35.9 Å². The second-order valence-corrected chi connectivity index (χ2v) is 19.3. The lowest BCUT2D eigenvalue weighted by Crippen LogP contribution is -2.42. The van der Waals surface area contributed by atoms with E-state index in [-0.39, 0.29) is 80.0 Å². The standard InChI is InChI=1S/2C22H21F3N2O5S.C5H11NO2.ClH.H3N/c2*23-16-11-18(25)17(24)10-13(16)2-1-3-19(28)27-8-9-33-22(27)21(31)26-14-4-6-15(7-5-14)32-12-20(29)30;1-5(2,3)8-4(6)7;;/h2*4-7,10-11,22H,1-3,8-9,12H2,(H,26,31)(H,29,30);1-3H3,(H2,6,7);1H;1H3. The Bertz CT molecular complexity index is 2480. The number of thioether (sulfide) groups is 2. The van der Waals surface area contributed by atoms with Gasteiger partial charge >= 0.3 is 18.0 Å². The maximum atomic E-state index is 13.7. The molecule has 0 aromatic heterocycles. The molecule has 2 heterocycles. The van der Waals surface area contributed by atoms with Gasteiger partial charge in [-0.3, -0.25) is 19.2 Å². The van der Waals surface area contributed by atoms with Crippen molar-refractivity contribution in [2.75, 3.05) is 48.4 Å². The first-order chi connectivity index (χ1) is 34.9. The molecule has 27 heteroatoms. The molecule has 2 aliphatic rings. The van der Waals surface area contributed by atoms with Crippen LogP contribution < -0.4 is 32.0 Å². The van der Waals surface area contributed by atoms with Gasteiger partial charge in [-0.05, 0) is 118 Å². The molecule has 416 valence electrons. The molecule has 0 saturated carbocycles. The number of hydrogen-bond donors (Lipinski definition) is 6. The van der Waals surface area contributed by atoms with E-state index in [0.717, 1.165) is 12.1 Å². The van der Waals surface area contributed by atoms with Gasteiger partial charge in [-0.15, -0.1) is 35.9 Å². The van der Waals surface area contributed by atoms with Crippen LogP contribution in [0, 0.1) is 34.9 Å². The predicted molar refractivity (Wildman–Crippen MR) is 274 cm³/mol.